The van der Waals surface area contributed by atoms with Gasteiger partial charge < -0.3 is 16.0 Å². The van der Waals surface area contributed by atoms with E-state index < -0.39 is 0 Å². The number of hydrogen-bond acceptors (Lipinski definition) is 3. The van der Waals surface area contributed by atoms with Crippen molar-refractivity contribution in [1.29, 1.82) is 0 Å². The molecule has 0 bridgehead atoms. The number of amides is 2. The zero-order valence-corrected chi connectivity index (χ0v) is 12.8. The van der Waals surface area contributed by atoms with E-state index in [1.165, 1.54) is 0 Å². The highest BCUT2D eigenvalue weighted by Crippen LogP contribution is 2.10. The van der Waals surface area contributed by atoms with E-state index in [0.29, 0.717) is 24.2 Å². The molecule has 0 atom stereocenters. The molecule has 0 aliphatic heterocycles. The van der Waals surface area contributed by atoms with Gasteiger partial charge in [0.05, 0.1) is 0 Å². The lowest BCUT2D eigenvalue weighted by Crippen LogP contribution is -2.30. The van der Waals surface area contributed by atoms with Crippen molar-refractivity contribution in [2.45, 2.75) is 26.3 Å². The van der Waals surface area contributed by atoms with Gasteiger partial charge >= 0.3 is 0 Å². The fourth-order valence-electron chi connectivity index (χ4n) is 1.51. The smallest absolute Gasteiger partial charge is 0.251 e. The Hall–Kier alpha value is -1.59. The Bertz CT molecular complexity index is 433. The third-order valence-corrected chi connectivity index (χ3v) is 2.45. The highest BCUT2D eigenvalue weighted by molar-refractivity contribution is 5.95. The number of nitrogens with one attached hydrogen (secondary N) is 3. The Balaban J connectivity index is 0.00000361. The van der Waals surface area contributed by atoms with Crippen LogP contribution in [0.1, 0.15) is 30.6 Å². The molecule has 0 aromatic heterocycles. The van der Waals surface area contributed by atoms with Gasteiger partial charge in [0.15, 0.2) is 0 Å². The Kier molecular flexibility index (Phi) is 8.59. The number of anilines is 1. The van der Waals surface area contributed by atoms with Gasteiger partial charge in [-0.2, -0.15) is 0 Å². The van der Waals surface area contributed by atoms with Crippen LogP contribution < -0.4 is 16.0 Å². The summed E-state index contributed by atoms with van der Waals surface area (Å²) in [5.41, 5.74) is 1.28. The molecule has 3 N–H and O–H groups in total. The van der Waals surface area contributed by atoms with Crippen LogP contribution >= 0.6 is 12.4 Å². The first-order valence-electron chi connectivity index (χ1n) is 6.38. The summed E-state index contributed by atoms with van der Waals surface area (Å²) in [4.78, 5) is 23.2. The van der Waals surface area contributed by atoms with Crippen molar-refractivity contribution in [3.05, 3.63) is 29.8 Å². The molecular weight excluding hydrogens is 278 g/mol. The van der Waals surface area contributed by atoms with Crippen molar-refractivity contribution in [2.24, 2.45) is 0 Å². The second-order valence-corrected chi connectivity index (χ2v) is 4.61. The minimum atomic E-state index is -0.108. The highest BCUT2D eigenvalue weighted by atomic mass is 35.5. The SMILES string of the molecule is CNCCC(=O)Nc1ccc(C(=O)NC(C)C)cc1.Cl. The van der Waals surface area contributed by atoms with Crippen LogP contribution in [0.3, 0.4) is 0 Å². The molecule has 1 rings (SSSR count). The second-order valence-electron chi connectivity index (χ2n) is 4.61. The van der Waals surface area contributed by atoms with E-state index in [9.17, 15) is 9.59 Å². The fraction of sp³-hybridized carbons (Fsp3) is 0.429. The third kappa shape index (κ3) is 6.54. The van der Waals surface area contributed by atoms with Gasteiger partial charge in [-0.05, 0) is 45.2 Å². The minimum Gasteiger partial charge on any atom is -0.350 e. The lowest BCUT2D eigenvalue weighted by molar-refractivity contribution is -0.116. The molecule has 0 saturated carbocycles. The van der Waals surface area contributed by atoms with E-state index in [1.54, 1.807) is 31.3 Å². The normalized spacial score (nSPS) is 9.80. The minimum absolute atomic E-state index is 0. The van der Waals surface area contributed by atoms with E-state index in [0.717, 1.165) is 0 Å². The summed E-state index contributed by atoms with van der Waals surface area (Å²) in [7, 11) is 1.80. The van der Waals surface area contributed by atoms with Gasteiger partial charge in [-0.15, -0.1) is 12.4 Å². The van der Waals surface area contributed by atoms with Crippen molar-refractivity contribution >= 4 is 29.9 Å². The molecule has 0 aliphatic carbocycles. The number of rotatable bonds is 6. The lowest BCUT2D eigenvalue weighted by atomic mass is 10.2. The van der Waals surface area contributed by atoms with Gasteiger partial charge in [0, 0.05) is 30.3 Å². The quantitative estimate of drug-likeness (QED) is 0.750. The molecule has 5 nitrogen and oxygen atoms in total. The average molecular weight is 300 g/mol. The van der Waals surface area contributed by atoms with Crippen LogP contribution in [0.25, 0.3) is 0 Å². The van der Waals surface area contributed by atoms with Crippen molar-refractivity contribution in [2.75, 3.05) is 18.9 Å². The molecule has 20 heavy (non-hydrogen) atoms. The molecule has 0 spiro atoms. The molecule has 0 heterocycles. The van der Waals surface area contributed by atoms with E-state index in [2.05, 4.69) is 16.0 Å². The molecule has 112 valence electrons. The average Bonchev–Trinajstić information content (AvgIpc) is 2.36. The Morgan fingerprint density at radius 3 is 2.25 bits per heavy atom. The molecule has 1 aromatic rings. The summed E-state index contributed by atoms with van der Waals surface area (Å²) >= 11 is 0. The maximum Gasteiger partial charge on any atom is 0.251 e. The molecule has 2 amide bonds. The van der Waals surface area contributed by atoms with E-state index >= 15 is 0 Å². The van der Waals surface area contributed by atoms with Gasteiger partial charge in [0.25, 0.3) is 5.91 Å². The predicted octanol–water partition coefficient (Wildman–Crippen LogP) is 1.79. The maximum absolute atomic E-state index is 11.7. The van der Waals surface area contributed by atoms with Crippen molar-refractivity contribution in [1.82, 2.24) is 10.6 Å². The van der Waals surface area contributed by atoms with E-state index in [-0.39, 0.29) is 30.3 Å². The zero-order valence-electron chi connectivity index (χ0n) is 12.0. The van der Waals surface area contributed by atoms with Gasteiger partial charge in [-0.25, -0.2) is 0 Å². The van der Waals surface area contributed by atoms with Crippen molar-refractivity contribution < 1.29 is 9.59 Å². The largest absolute Gasteiger partial charge is 0.350 e. The number of carbonyl (C=O) groups excluding carboxylic acids is 2. The standard InChI is InChI=1S/C14H21N3O2.ClH/c1-10(2)16-14(19)11-4-6-12(7-5-11)17-13(18)8-9-15-3;/h4-7,10,15H,8-9H2,1-3H3,(H,16,19)(H,17,18);1H. The van der Waals surface area contributed by atoms with Crippen LogP contribution in [0.2, 0.25) is 0 Å². The molecule has 6 heteroatoms. The van der Waals surface area contributed by atoms with Gasteiger partial charge in [-0.1, -0.05) is 0 Å². The van der Waals surface area contributed by atoms with Crippen molar-refractivity contribution in [3.8, 4) is 0 Å². The molecule has 0 aliphatic rings. The Morgan fingerprint density at radius 2 is 1.75 bits per heavy atom. The second kappa shape index (κ2) is 9.34. The van der Waals surface area contributed by atoms with Gasteiger partial charge in [0.2, 0.25) is 5.91 Å². The first-order valence-corrected chi connectivity index (χ1v) is 6.38. The summed E-state index contributed by atoms with van der Waals surface area (Å²) < 4.78 is 0. The predicted molar refractivity (Wildman–Crippen MR) is 83.5 cm³/mol. The van der Waals surface area contributed by atoms with E-state index in [4.69, 9.17) is 0 Å². The summed E-state index contributed by atoms with van der Waals surface area (Å²) in [6.45, 7) is 4.46. The number of hydrogen-bond donors (Lipinski definition) is 3. The summed E-state index contributed by atoms with van der Waals surface area (Å²) in [6, 6.07) is 6.96. The maximum atomic E-state index is 11.7. The molecular formula is C14H22ClN3O2. The summed E-state index contributed by atoms with van der Waals surface area (Å²) in [6.07, 6.45) is 0.423. The monoisotopic (exact) mass is 299 g/mol. The fourth-order valence-corrected chi connectivity index (χ4v) is 1.51. The summed E-state index contributed by atoms with van der Waals surface area (Å²) in [5, 5.41) is 8.50. The number of carbonyl (C=O) groups is 2. The van der Waals surface area contributed by atoms with Gasteiger partial charge in [-0.3, -0.25) is 9.59 Å². The van der Waals surface area contributed by atoms with Gasteiger partial charge in [0.1, 0.15) is 0 Å². The molecule has 0 unspecified atom stereocenters. The molecule has 1 aromatic carbocycles. The van der Waals surface area contributed by atoms with Crippen LogP contribution in [0, 0.1) is 0 Å². The highest BCUT2D eigenvalue weighted by Gasteiger charge is 2.07. The Labute approximate surface area is 125 Å². The Morgan fingerprint density at radius 1 is 1.15 bits per heavy atom. The number of halogens is 1. The summed E-state index contributed by atoms with van der Waals surface area (Å²) in [5.74, 6) is -0.156. The van der Waals surface area contributed by atoms with Crippen LogP contribution in [-0.4, -0.2) is 31.4 Å². The van der Waals surface area contributed by atoms with Crippen LogP contribution in [-0.2, 0) is 4.79 Å². The molecule has 0 radical (unpaired) electrons. The van der Waals surface area contributed by atoms with E-state index in [1.807, 2.05) is 13.8 Å². The topological polar surface area (TPSA) is 70.2 Å². The first kappa shape index (κ1) is 18.4. The zero-order chi connectivity index (χ0) is 14.3. The first-order chi connectivity index (χ1) is 9.02. The van der Waals surface area contributed by atoms with Crippen molar-refractivity contribution in [3.63, 3.8) is 0 Å². The number of benzene rings is 1. The molecule has 0 saturated heterocycles. The van der Waals surface area contributed by atoms with Crippen LogP contribution in [0.5, 0.6) is 0 Å². The van der Waals surface area contributed by atoms with Crippen LogP contribution in [0.15, 0.2) is 24.3 Å². The lowest BCUT2D eigenvalue weighted by Gasteiger charge is -2.09. The third-order valence-electron chi connectivity index (χ3n) is 2.45. The van der Waals surface area contributed by atoms with Crippen LogP contribution in [0.4, 0.5) is 5.69 Å². The molecule has 0 fully saturated rings.